The zero-order valence-corrected chi connectivity index (χ0v) is 18.4. The molecule has 1 N–H and O–H groups in total. The van der Waals surface area contributed by atoms with Crippen molar-refractivity contribution in [2.75, 3.05) is 49.4 Å². The normalized spacial score (nSPS) is 13.8. The van der Waals surface area contributed by atoms with E-state index >= 15 is 0 Å². The zero-order chi connectivity index (χ0) is 21.6. The third-order valence-electron chi connectivity index (χ3n) is 4.68. The van der Waals surface area contributed by atoms with Crippen LogP contribution in [0.3, 0.4) is 0 Å². The lowest BCUT2D eigenvalue weighted by Gasteiger charge is -2.31. The number of carbonyl (C=O) groups excluding carboxylic acids is 1. The third-order valence-corrected chi connectivity index (χ3v) is 5.90. The molecule has 1 amide bonds. The van der Waals surface area contributed by atoms with Crippen molar-refractivity contribution >= 4 is 40.6 Å². The number of nitrogens with zero attached hydrogens (tertiary/aromatic N) is 5. The van der Waals surface area contributed by atoms with Crippen LogP contribution in [0, 0.1) is 0 Å². The summed E-state index contributed by atoms with van der Waals surface area (Å²) in [7, 11) is 1.61. The number of halogens is 1. The van der Waals surface area contributed by atoms with Crippen LogP contribution in [0.1, 0.15) is 0 Å². The number of anilines is 2. The monoisotopic (exact) mass is 460 g/mol. The molecule has 1 fully saturated rings. The summed E-state index contributed by atoms with van der Waals surface area (Å²) < 4.78 is 12.2. The smallest absolute Gasteiger partial charge is 0.234 e. The highest BCUT2D eigenvalue weighted by Crippen LogP contribution is 2.34. The minimum atomic E-state index is -0.175. The summed E-state index contributed by atoms with van der Waals surface area (Å²) in [6.07, 6.45) is 0. The second-order valence-electron chi connectivity index (χ2n) is 6.64. The van der Waals surface area contributed by atoms with Gasteiger partial charge in [-0.25, -0.2) is 0 Å². The first-order valence-electron chi connectivity index (χ1n) is 9.62. The number of benzene rings is 2. The Bertz CT molecular complexity index is 1040. The first kappa shape index (κ1) is 21.4. The van der Waals surface area contributed by atoms with Crippen molar-refractivity contribution in [2.45, 2.75) is 5.16 Å². The minimum Gasteiger partial charge on any atom is -0.497 e. The van der Waals surface area contributed by atoms with Gasteiger partial charge in [0, 0.05) is 13.1 Å². The maximum Gasteiger partial charge on any atom is 0.234 e. The number of methoxy groups -OCH3 is 1. The topological polar surface area (TPSA) is 94.4 Å². The lowest BCUT2D eigenvalue weighted by molar-refractivity contribution is -0.113. The predicted molar refractivity (Wildman–Crippen MR) is 120 cm³/mol. The van der Waals surface area contributed by atoms with Crippen molar-refractivity contribution in [1.29, 1.82) is 0 Å². The van der Waals surface area contributed by atoms with E-state index in [-0.39, 0.29) is 11.7 Å². The van der Waals surface area contributed by atoms with E-state index in [9.17, 15) is 4.79 Å². The van der Waals surface area contributed by atoms with Crippen LogP contribution in [0.15, 0.2) is 47.6 Å². The molecule has 4 rings (SSSR count). The standard InChI is InChI=1S/C20H21ClN6O3S/c1-29-15-7-5-14(6-8-15)27-20(23-24-25-27)31-13-18(28)22-17-4-2-3-16(21)19(17)26-9-11-30-12-10-26/h2-8H,9-13H2,1H3,(H,22,28). The molecule has 1 saturated heterocycles. The molecule has 31 heavy (non-hydrogen) atoms. The van der Waals surface area contributed by atoms with Crippen LogP contribution in [0.2, 0.25) is 5.02 Å². The van der Waals surface area contributed by atoms with Crippen LogP contribution in [0.25, 0.3) is 5.69 Å². The highest BCUT2D eigenvalue weighted by molar-refractivity contribution is 7.99. The van der Waals surface area contributed by atoms with E-state index in [0.29, 0.717) is 29.1 Å². The van der Waals surface area contributed by atoms with Crippen LogP contribution >= 0.6 is 23.4 Å². The summed E-state index contributed by atoms with van der Waals surface area (Å²) >= 11 is 7.69. The van der Waals surface area contributed by atoms with E-state index < -0.39 is 0 Å². The summed E-state index contributed by atoms with van der Waals surface area (Å²) in [6, 6.07) is 12.8. The van der Waals surface area contributed by atoms with Crippen molar-refractivity contribution in [3.63, 3.8) is 0 Å². The third kappa shape index (κ3) is 5.09. The number of rotatable bonds is 7. The fourth-order valence-corrected chi connectivity index (χ4v) is 4.18. The van der Waals surface area contributed by atoms with Gasteiger partial charge in [0.2, 0.25) is 11.1 Å². The first-order chi connectivity index (χ1) is 15.2. The number of hydrogen-bond acceptors (Lipinski definition) is 8. The van der Waals surface area contributed by atoms with Crippen molar-refractivity contribution in [3.8, 4) is 11.4 Å². The molecule has 1 aliphatic heterocycles. The average Bonchev–Trinajstić information content (AvgIpc) is 3.27. The van der Waals surface area contributed by atoms with Crippen molar-refractivity contribution in [2.24, 2.45) is 0 Å². The highest BCUT2D eigenvalue weighted by atomic mass is 35.5. The highest BCUT2D eigenvalue weighted by Gasteiger charge is 2.19. The van der Waals surface area contributed by atoms with Gasteiger partial charge in [0.05, 0.1) is 48.2 Å². The van der Waals surface area contributed by atoms with Gasteiger partial charge in [0.1, 0.15) is 5.75 Å². The van der Waals surface area contributed by atoms with E-state index in [1.807, 2.05) is 42.5 Å². The number of thioether (sulfide) groups is 1. The minimum absolute atomic E-state index is 0.144. The predicted octanol–water partition coefficient (Wildman–Crippen LogP) is 2.89. The Morgan fingerprint density at radius 1 is 1.23 bits per heavy atom. The molecule has 3 aromatic rings. The Kier molecular flexibility index (Phi) is 6.90. The second kappa shape index (κ2) is 9.99. The van der Waals surface area contributed by atoms with Crippen molar-refractivity contribution < 1.29 is 14.3 Å². The van der Waals surface area contributed by atoms with Gasteiger partial charge in [-0.3, -0.25) is 4.79 Å². The quantitative estimate of drug-likeness (QED) is 0.538. The molecule has 2 aromatic carbocycles. The summed E-state index contributed by atoms with van der Waals surface area (Å²) in [6.45, 7) is 2.70. The molecular weight excluding hydrogens is 440 g/mol. The summed E-state index contributed by atoms with van der Waals surface area (Å²) in [5.41, 5.74) is 2.27. The number of carbonyl (C=O) groups is 1. The molecule has 1 aromatic heterocycles. The number of hydrogen-bond donors (Lipinski definition) is 1. The first-order valence-corrected chi connectivity index (χ1v) is 11.0. The van der Waals surface area contributed by atoms with E-state index in [1.165, 1.54) is 11.8 Å². The number of amides is 1. The molecule has 0 unspecified atom stereocenters. The van der Waals surface area contributed by atoms with Crippen LogP contribution in [0.5, 0.6) is 5.75 Å². The van der Waals surface area contributed by atoms with Crippen LogP contribution in [-0.4, -0.2) is 65.3 Å². The number of nitrogens with one attached hydrogen (secondary N) is 1. The molecule has 0 spiro atoms. The Hall–Kier alpha value is -2.82. The van der Waals surface area contributed by atoms with Gasteiger partial charge in [-0.1, -0.05) is 29.4 Å². The number of para-hydroxylation sites is 1. The van der Waals surface area contributed by atoms with Gasteiger partial charge in [0.25, 0.3) is 0 Å². The molecule has 162 valence electrons. The molecule has 11 heteroatoms. The molecule has 2 heterocycles. The van der Waals surface area contributed by atoms with E-state index in [1.54, 1.807) is 11.8 Å². The Morgan fingerprint density at radius 3 is 2.74 bits per heavy atom. The maximum absolute atomic E-state index is 12.7. The second-order valence-corrected chi connectivity index (χ2v) is 7.99. The fraction of sp³-hybridized carbons (Fsp3) is 0.300. The summed E-state index contributed by atoms with van der Waals surface area (Å²) in [4.78, 5) is 14.8. The average molecular weight is 461 g/mol. The van der Waals surface area contributed by atoms with E-state index in [2.05, 4.69) is 25.7 Å². The number of ether oxygens (including phenoxy) is 2. The van der Waals surface area contributed by atoms with E-state index in [0.717, 1.165) is 30.2 Å². The molecule has 0 bridgehead atoms. The van der Waals surface area contributed by atoms with Gasteiger partial charge in [-0.2, -0.15) is 4.68 Å². The molecule has 0 saturated carbocycles. The SMILES string of the molecule is COc1ccc(-n2nnnc2SCC(=O)Nc2cccc(Cl)c2N2CCOCC2)cc1. The molecule has 0 atom stereocenters. The molecule has 9 nitrogen and oxygen atoms in total. The van der Waals surface area contributed by atoms with Gasteiger partial charge in [0.15, 0.2) is 0 Å². The largest absolute Gasteiger partial charge is 0.497 e. The van der Waals surface area contributed by atoms with Crippen LogP contribution in [0.4, 0.5) is 11.4 Å². The van der Waals surface area contributed by atoms with Crippen molar-refractivity contribution in [1.82, 2.24) is 20.2 Å². The molecule has 1 aliphatic rings. The lowest BCUT2D eigenvalue weighted by atomic mass is 10.2. The number of tetrazole rings is 1. The van der Waals surface area contributed by atoms with Gasteiger partial charge in [-0.15, -0.1) is 5.10 Å². The molecule has 0 aliphatic carbocycles. The Labute approximate surface area is 188 Å². The fourth-order valence-electron chi connectivity index (χ4n) is 3.20. The zero-order valence-electron chi connectivity index (χ0n) is 16.8. The van der Waals surface area contributed by atoms with E-state index in [4.69, 9.17) is 21.1 Å². The number of aromatic nitrogens is 4. The van der Waals surface area contributed by atoms with Gasteiger partial charge in [-0.05, 0) is 46.8 Å². The van der Waals surface area contributed by atoms with Crippen molar-refractivity contribution in [3.05, 3.63) is 47.5 Å². The summed E-state index contributed by atoms with van der Waals surface area (Å²) in [5.74, 6) is 0.708. The molecular formula is C20H21ClN6O3S. The Morgan fingerprint density at radius 2 is 2.00 bits per heavy atom. The van der Waals surface area contributed by atoms with Gasteiger partial charge >= 0.3 is 0 Å². The van der Waals surface area contributed by atoms with Gasteiger partial charge < -0.3 is 19.7 Å². The summed E-state index contributed by atoms with van der Waals surface area (Å²) in [5, 5.41) is 15.9. The number of morpholine rings is 1. The van der Waals surface area contributed by atoms with Crippen LogP contribution < -0.4 is 15.0 Å². The Balaban J connectivity index is 1.43. The maximum atomic E-state index is 12.7. The lowest BCUT2D eigenvalue weighted by Crippen LogP contribution is -2.37. The van der Waals surface area contributed by atoms with Crippen LogP contribution in [-0.2, 0) is 9.53 Å². The molecule has 0 radical (unpaired) electrons.